The standard InChI is InChI=1S/2C14H14N4OS.C9H9BrN2.C9H10N2O.C9H8N2O.C5H6N2OS.CH2Cl2.2CH4O.CH4.B.Na.H/c2*1-9-7-13(19)17-14(15-9)20-8-12-16-10-5-3-4-6-11(10)18(12)2;1-12-8-5-3-2-4-7(8)11-9(12)6-10;2*1-11-8-5-3-2-4-7(8)10-9(11)6-12;1-3-2-4(8)7-5(9)6-3;2-1-3;2*1-2;;;;/h2*3-7H,8H2,1-2H3,(H,15,17,19);2-5H,6H2,1H3;2-5,12H,6H2,1H3;2-6H,1H3;2H,1H3,(H2,6,7,8,9);1H2;2*2H,1H3;1H4;;;/q;;;;;;;;;;;+1;-1. The van der Waals surface area contributed by atoms with Gasteiger partial charge in [0.2, 0.25) is 0 Å². The molecule has 5 aromatic carbocycles. The molecular formula is C64H76BBrCl2N16NaO7S3. The maximum Gasteiger partial charge on any atom is 1.00 e. The number of aromatic nitrogens is 16. The first kappa shape index (κ1) is 83.8. The zero-order chi connectivity index (χ0) is 67.4. The van der Waals surface area contributed by atoms with Crippen LogP contribution in [-0.2, 0) is 58.7 Å². The summed E-state index contributed by atoms with van der Waals surface area (Å²) in [7, 11) is 11.8. The molecule has 0 atom stereocenters. The smallest absolute Gasteiger partial charge is 1.00 e. The largest absolute Gasteiger partial charge is 1.00 e. The number of fused-ring (bicyclic) bond motifs is 5. The number of H-pyrrole nitrogens is 4. The van der Waals surface area contributed by atoms with E-state index in [1.54, 1.807) is 11.5 Å². The predicted octanol–water partition coefficient (Wildman–Crippen LogP) is 8.19. The molecule has 8 aromatic heterocycles. The Hall–Kier alpha value is -7.32. The van der Waals surface area contributed by atoms with Crippen molar-refractivity contribution < 1.29 is 51.1 Å². The molecule has 497 valence electrons. The molecule has 0 aliphatic carbocycles. The zero-order valence-corrected chi connectivity index (χ0v) is 61.2. The number of carbonyl (C=O) groups excluding carboxylic acids is 1. The maximum absolute atomic E-state index is 11.4. The monoisotopic (exact) mass is 1460 g/mol. The van der Waals surface area contributed by atoms with E-state index in [0.717, 1.165) is 110 Å². The number of aldehydes is 1. The van der Waals surface area contributed by atoms with Crippen molar-refractivity contribution in [1.82, 2.24) is 77.7 Å². The fourth-order valence-electron chi connectivity index (χ4n) is 8.67. The van der Waals surface area contributed by atoms with E-state index in [4.69, 9.17) is 38.5 Å². The summed E-state index contributed by atoms with van der Waals surface area (Å²) in [6.07, 6.45) is 0.764. The molecule has 7 N–H and O–H groups in total. The van der Waals surface area contributed by atoms with Gasteiger partial charge in [-0.05, 0) is 93.7 Å². The number of aromatic amines is 4. The van der Waals surface area contributed by atoms with Crippen LogP contribution in [0.5, 0.6) is 0 Å². The summed E-state index contributed by atoms with van der Waals surface area (Å²) < 4.78 is 10.3. The van der Waals surface area contributed by atoms with Crippen LogP contribution in [0.3, 0.4) is 0 Å². The molecule has 13 rings (SSSR count). The molecule has 0 unspecified atom stereocenters. The normalized spacial score (nSPS) is 9.94. The van der Waals surface area contributed by atoms with Gasteiger partial charge in [-0.3, -0.25) is 24.2 Å². The van der Waals surface area contributed by atoms with E-state index in [0.29, 0.717) is 38.2 Å². The zero-order valence-electron chi connectivity index (χ0n) is 54.7. The van der Waals surface area contributed by atoms with Crippen LogP contribution < -0.4 is 46.2 Å². The van der Waals surface area contributed by atoms with E-state index in [2.05, 4.69) is 103 Å². The SMILES string of the molecule is C.CO.CO.Cc1cc(=O)[nH]c(=S)[nH]1.Cc1cc(=O)[nH]c(SCc2nc3ccccc3n2C)n1.Cc1cc(=O)[nH]c(SCc2nc3ccccc3n2C)n1.ClCCl.Cn1c(C=O)nc2ccccc21.Cn1c(CBr)nc2ccccc21.Cn1c(CO)nc2ccccc21.[B].[H-].[Na+]. The average Bonchev–Trinajstić information content (AvgIpc) is 1.71. The molecule has 31 heteroatoms. The Balaban J connectivity index is 0.000000571. The summed E-state index contributed by atoms with van der Waals surface area (Å²) in [5, 5.41) is 25.2. The van der Waals surface area contributed by atoms with Gasteiger partial charge in [-0.15, -0.1) is 23.2 Å². The maximum atomic E-state index is 11.4. The van der Waals surface area contributed by atoms with Crippen molar-refractivity contribution in [1.29, 1.82) is 0 Å². The van der Waals surface area contributed by atoms with Crippen LogP contribution >= 0.6 is 74.9 Å². The van der Waals surface area contributed by atoms with Gasteiger partial charge in [0, 0.05) is 93.2 Å². The van der Waals surface area contributed by atoms with Crippen LogP contribution in [-0.4, -0.2) is 127 Å². The number of nitrogens with one attached hydrogen (secondary N) is 4. The number of rotatable bonds is 9. The van der Waals surface area contributed by atoms with Gasteiger partial charge >= 0.3 is 29.6 Å². The molecule has 3 radical (unpaired) electrons. The summed E-state index contributed by atoms with van der Waals surface area (Å²) in [4.78, 5) is 85.1. The molecule has 0 saturated carbocycles. The van der Waals surface area contributed by atoms with Crippen molar-refractivity contribution in [2.75, 3.05) is 19.6 Å². The number of hydrogen-bond acceptors (Lipinski definition) is 17. The fraction of sp³-hybridized carbons (Fsp3) is 0.250. The van der Waals surface area contributed by atoms with Gasteiger partial charge in [-0.25, -0.2) is 34.9 Å². The molecule has 0 aliphatic rings. The van der Waals surface area contributed by atoms with Crippen molar-refractivity contribution >= 4 is 145 Å². The average molecular weight is 1460 g/mol. The fourth-order valence-corrected chi connectivity index (χ4v) is 11.2. The number of aryl methyl sites for hydroxylation is 8. The minimum absolute atomic E-state index is 0. The summed E-state index contributed by atoms with van der Waals surface area (Å²) in [5.41, 5.74) is 12.1. The van der Waals surface area contributed by atoms with Gasteiger partial charge < -0.3 is 54.5 Å². The number of thioether (sulfide) groups is 2. The Morgan fingerprint density at radius 3 is 1.12 bits per heavy atom. The van der Waals surface area contributed by atoms with Gasteiger partial charge in [0.25, 0.3) is 16.7 Å². The number of nitrogens with zero attached hydrogens (tertiary/aromatic N) is 12. The summed E-state index contributed by atoms with van der Waals surface area (Å²) in [5.74, 6) is 5.49. The molecule has 0 bridgehead atoms. The Labute approximate surface area is 606 Å². The van der Waals surface area contributed by atoms with Crippen LogP contribution in [0.1, 0.15) is 59.9 Å². The first-order valence-corrected chi connectivity index (χ1v) is 32.3. The third-order valence-corrected chi connectivity index (χ3v) is 15.4. The van der Waals surface area contributed by atoms with Gasteiger partial charge in [-0.2, -0.15) is 0 Å². The van der Waals surface area contributed by atoms with Crippen LogP contribution in [0.4, 0.5) is 0 Å². The first-order valence-electron chi connectivity index (χ1n) is 27.7. The minimum atomic E-state index is -0.156. The van der Waals surface area contributed by atoms with Crippen LogP contribution in [0.25, 0.3) is 55.2 Å². The first-order chi connectivity index (χ1) is 44.3. The number of halogens is 3. The minimum Gasteiger partial charge on any atom is -1.00 e. The van der Waals surface area contributed by atoms with Crippen molar-refractivity contribution in [3.8, 4) is 0 Å². The molecule has 0 saturated heterocycles. The summed E-state index contributed by atoms with van der Waals surface area (Å²) in [6, 6.07) is 44.1. The molecule has 23 nitrogen and oxygen atoms in total. The second-order valence-corrected chi connectivity index (χ2v) is 22.8. The van der Waals surface area contributed by atoms with E-state index in [1.165, 1.54) is 47.2 Å². The Morgan fingerprint density at radius 1 is 0.505 bits per heavy atom. The molecule has 8 heterocycles. The van der Waals surface area contributed by atoms with Crippen LogP contribution in [0.2, 0.25) is 0 Å². The number of carbonyl (C=O) groups is 1. The number of alkyl halides is 3. The van der Waals surface area contributed by atoms with Crippen LogP contribution in [0, 0.1) is 25.5 Å². The molecule has 0 fully saturated rings. The Kier molecular flexibility index (Phi) is 37.9. The number of aliphatic hydroxyl groups is 3. The van der Waals surface area contributed by atoms with Gasteiger partial charge in [-0.1, -0.05) is 108 Å². The van der Waals surface area contributed by atoms with E-state index >= 15 is 0 Å². The van der Waals surface area contributed by atoms with Crippen LogP contribution in [0.15, 0.2) is 164 Å². The number of hydrogen-bond donors (Lipinski definition) is 7. The van der Waals surface area contributed by atoms with Crippen molar-refractivity contribution in [2.45, 2.75) is 62.0 Å². The second kappa shape index (κ2) is 43.0. The van der Waals surface area contributed by atoms with E-state index in [9.17, 15) is 19.2 Å². The molecule has 0 aliphatic heterocycles. The quantitative estimate of drug-likeness (QED) is 0.0179. The van der Waals surface area contributed by atoms with Crippen molar-refractivity contribution in [2.24, 2.45) is 35.2 Å². The molecular weight excluding hydrogens is 1390 g/mol. The van der Waals surface area contributed by atoms with E-state index in [1.807, 2.05) is 169 Å². The summed E-state index contributed by atoms with van der Waals surface area (Å²) >= 11 is 20.6. The third-order valence-electron chi connectivity index (χ3n) is 13.0. The number of benzene rings is 5. The van der Waals surface area contributed by atoms with Gasteiger partial charge in [0.15, 0.2) is 27.2 Å². The Morgan fingerprint density at radius 2 is 0.811 bits per heavy atom. The molecule has 95 heavy (non-hydrogen) atoms. The van der Waals surface area contributed by atoms with Gasteiger partial charge in [0.1, 0.15) is 29.9 Å². The topological polar surface area (TPSA) is 307 Å². The molecule has 0 spiro atoms. The summed E-state index contributed by atoms with van der Waals surface area (Å²) in [6.45, 7) is 5.40. The van der Waals surface area contributed by atoms with Gasteiger partial charge in [0.05, 0.1) is 77.3 Å². The third kappa shape index (κ3) is 24.4. The Bertz CT molecular complexity index is 4510. The van der Waals surface area contributed by atoms with E-state index < -0.39 is 0 Å². The molecule has 0 amide bonds. The second-order valence-electron chi connectivity index (χ2n) is 19.1. The van der Waals surface area contributed by atoms with Crippen molar-refractivity contribution in [3.63, 3.8) is 0 Å². The number of aliphatic hydroxyl groups excluding tert-OH is 3. The predicted molar refractivity (Wildman–Crippen MR) is 389 cm³/mol. The van der Waals surface area contributed by atoms with E-state index in [-0.39, 0.29) is 75.4 Å². The molecule has 13 aromatic rings. The number of imidazole rings is 5. The number of para-hydroxylation sites is 10. The van der Waals surface area contributed by atoms with Crippen molar-refractivity contribution in [3.05, 3.63) is 222 Å².